The average Bonchev–Trinajstić information content (AvgIpc) is 2.38. The van der Waals surface area contributed by atoms with E-state index in [1.165, 1.54) is 0 Å². The molecule has 0 aliphatic rings. The van der Waals surface area contributed by atoms with E-state index in [1.807, 2.05) is 6.07 Å². The minimum atomic E-state index is -0.216. The van der Waals surface area contributed by atoms with Gasteiger partial charge in [0.15, 0.2) is 0 Å². The van der Waals surface area contributed by atoms with Crippen LogP contribution in [-0.2, 0) is 4.74 Å². The van der Waals surface area contributed by atoms with Crippen molar-refractivity contribution < 1.29 is 9.13 Å². The molecular formula is C15H23BrFNO. The summed E-state index contributed by atoms with van der Waals surface area (Å²) in [6.45, 7) is 7.05. The fourth-order valence-electron chi connectivity index (χ4n) is 1.96. The van der Waals surface area contributed by atoms with E-state index in [0.29, 0.717) is 4.47 Å². The van der Waals surface area contributed by atoms with Gasteiger partial charge in [0, 0.05) is 13.2 Å². The van der Waals surface area contributed by atoms with E-state index in [9.17, 15) is 4.39 Å². The normalized spacial score (nSPS) is 13.6. The first kappa shape index (κ1) is 16.6. The van der Waals surface area contributed by atoms with Crippen LogP contribution in [0.25, 0.3) is 0 Å². The summed E-state index contributed by atoms with van der Waals surface area (Å²) < 4.78 is 19.6. The van der Waals surface area contributed by atoms with E-state index in [2.05, 4.69) is 42.0 Å². The average molecular weight is 332 g/mol. The Kier molecular flexibility index (Phi) is 6.43. The molecule has 1 N–H and O–H groups in total. The fourth-order valence-corrected chi connectivity index (χ4v) is 2.20. The van der Waals surface area contributed by atoms with Crippen molar-refractivity contribution in [2.75, 3.05) is 13.7 Å². The van der Waals surface area contributed by atoms with Gasteiger partial charge in [-0.3, -0.25) is 0 Å². The van der Waals surface area contributed by atoms with Crippen LogP contribution in [0.2, 0.25) is 0 Å². The summed E-state index contributed by atoms with van der Waals surface area (Å²) >= 11 is 3.18. The molecule has 1 aromatic carbocycles. The van der Waals surface area contributed by atoms with Gasteiger partial charge < -0.3 is 10.1 Å². The van der Waals surface area contributed by atoms with Crippen LogP contribution in [0.15, 0.2) is 22.7 Å². The lowest BCUT2D eigenvalue weighted by atomic mass is 9.95. The molecule has 0 amide bonds. The Morgan fingerprint density at radius 3 is 2.63 bits per heavy atom. The molecule has 0 spiro atoms. The summed E-state index contributed by atoms with van der Waals surface area (Å²) in [4.78, 5) is 0. The third kappa shape index (κ3) is 5.21. The lowest BCUT2D eigenvalue weighted by Crippen LogP contribution is -2.27. The Bertz CT molecular complexity index is 409. The Morgan fingerprint density at radius 2 is 2.11 bits per heavy atom. The summed E-state index contributed by atoms with van der Waals surface area (Å²) in [5, 5.41) is 3.40. The number of ether oxygens (including phenoxy) is 1. The van der Waals surface area contributed by atoms with Crippen molar-refractivity contribution in [3.05, 3.63) is 34.1 Å². The molecule has 0 saturated carbocycles. The SMILES string of the molecule is CCNC(CCC(C)(C)OC)c1ccc(Br)c(F)c1. The van der Waals surface area contributed by atoms with E-state index in [0.717, 1.165) is 24.9 Å². The molecule has 1 aromatic rings. The minimum Gasteiger partial charge on any atom is -0.379 e. The molecule has 0 fully saturated rings. The second-order valence-corrected chi connectivity index (χ2v) is 6.14. The summed E-state index contributed by atoms with van der Waals surface area (Å²) in [5.41, 5.74) is 0.830. The molecule has 1 rings (SSSR count). The van der Waals surface area contributed by atoms with Crippen molar-refractivity contribution in [1.82, 2.24) is 5.32 Å². The van der Waals surface area contributed by atoms with Crippen LogP contribution in [0.3, 0.4) is 0 Å². The van der Waals surface area contributed by atoms with Crippen LogP contribution in [0, 0.1) is 5.82 Å². The molecule has 0 bridgehead atoms. The molecule has 2 nitrogen and oxygen atoms in total. The molecule has 0 saturated heterocycles. The highest BCUT2D eigenvalue weighted by atomic mass is 79.9. The highest BCUT2D eigenvalue weighted by Crippen LogP contribution is 2.27. The van der Waals surface area contributed by atoms with Crippen molar-refractivity contribution in [3.8, 4) is 0 Å². The number of halogens is 2. The molecule has 0 heterocycles. The van der Waals surface area contributed by atoms with Gasteiger partial charge in [-0.25, -0.2) is 4.39 Å². The fraction of sp³-hybridized carbons (Fsp3) is 0.600. The topological polar surface area (TPSA) is 21.3 Å². The van der Waals surface area contributed by atoms with Gasteiger partial charge in [-0.1, -0.05) is 13.0 Å². The first-order chi connectivity index (χ1) is 8.89. The van der Waals surface area contributed by atoms with E-state index >= 15 is 0 Å². The Morgan fingerprint density at radius 1 is 1.42 bits per heavy atom. The number of methoxy groups -OCH3 is 1. The molecule has 1 unspecified atom stereocenters. The van der Waals surface area contributed by atoms with Gasteiger partial charge in [-0.05, 0) is 66.9 Å². The standard InChI is InChI=1S/C15H23BrFNO/c1-5-18-14(8-9-15(2,3)19-4)11-6-7-12(16)13(17)10-11/h6-7,10,14,18H,5,8-9H2,1-4H3. The lowest BCUT2D eigenvalue weighted by Gasteiger charge is -2.26. The molecule has 4 heteroatoms. The predicted octanol–water partition coefficient (Wildman–Crippen LogP) is 4.44. The maximum absolute atomic E-state index is 13.6. The van der Waals surface area contributed by atoms with Gasteiger partial charge in [-0.15, -0.1) is 0 Å². The third-order valence-corrected chi connectivity index (χ3v) is 4.03. The number of benzene rings is 1. The summed E-state index contributed by atoms with van der Waals surface area (Å²) in [5.74, 6) is -0.216. The second kappa shape index (κ2) is 7.36. The maximum atomic E-state index is 13.6. The molecule has 0 aliphatic carbocycles. The highest BCUT2D eigenvalue weighted by molar-refractivity contribution is 9.10. The lowest BCUT2D eigenvalue weighted by molar-refractivity contribution is 0.0117. The zero-order valence-corrected chi connectivity index (χ0v) is 13.7. The van der Waals surface area contributed by atoms with Gasteiger partial charge in [0.1, 0.15) is 5.82 Å². The molecule has 0 radical (unpaired) electrons. The van der Waals surface area contributed by atoms with E-state index in [-0.39, 0.29) is 17.5 Å². The van der Waals surface area contributed by atoms with Crippen molar-refractivity contribution in [3.63, 3.8) is 0 Å². The molecule has 1 atom stereocenters. The van der Waals surface area contributed by atoms with E-state index < -0.39 is 0 Å². The van der Waals surface area contributed by atoms with Gasteiger partial charge in [-0.2, -0.15) is 0 Å². The number of rotatable bonds is 7. The van der Waals surface area contributed by atoms with E-state index in [4.69, 9.17) is 4.74 Å². The number of hydrogen-bond donors (Lipinski definition) is 1. The van der Waals surface area contributed by atoms with Crippen LogP contribution in [0.5, 0.6) is 0 Å². The van der Waals surface area contributed by atoms with Crippen LogP contribution in [-0.4, -0.2) is 19.3 Å². The van der Waals surface area contributed by atoms with Crippen LogP contribution < -0.4 is 5.32 Å². The van der Waals surface area contributed by atoms with Gasteiger partial charge in [0.25, 0.3) is 0 Å². The molecular weight excluding hydrogens is 309 g/mol. The highest BCUT2D eigenvalue weighted by Gasteiger charge is 2.20. The largest absolute Gasteiger partial charge is 0.379 e. The smallest absolute Gasteiger partial charge is 0.137 e. The zero-order chi connectivity index (χ0) is 14.5. The van der Waals surface area contributed by atoms with Crippen molar-refractivity contribution in [2.24, 2.45) is 0 Å². The van der Waals surface area contributed by atoms with Crippen molar-refractivity contribution in [1.29, 1.82) is 0 Å². The molecule has 0 aliphatic heterocycles. The predicted molar refractivity (Wildman–Crippen MR) is 80.8 cm³/mol. The Balaban J connectivity index is 2.79. The van der Waals surface area contributed by atoms with Crippen LogP contribution in [0.4, 0.5) is 4.39 Å². The first-order valence-corrected chi connectivity index (χ1v) is 7.42. The van der Waals surface area contributed by atoms with Crippen molar-refractivity contribution in [2.45, 2.75) is 45.3 Å². The number of hydrogen-bond acceptors (Lipinski definition) is 2. The molecule has 108 valence electrons. The first-order valence-electron chi connectivity index (χ1n) is 6.63. The maximum Gasteiger partial charge on any atom is 0.137 e. The van der Waals surface area contributed by atoms with Crippen LogP contribution in [0.1, 0.15) is 45.2 Å². The van der Waals surface area contributed by atoms with Crippen molar-refractivity contribution >= 4 is 15.9 Å². The van der Waals surface area contributed by atoms with Gasteiger partial charge in [0.2, 0.25) is 0 Å². The van der Waals surface area contributed by atoms with E-state index in [1.54, 1.807) is 19.2 Å². The molecule has 0 aromatic heterocycles. The van der Waals surface area contributed by atoms with Gasteiger partial charge in [0.05, 0.1) is 10.1 Å². The van der Waals surface area contributed by atoms with Gasteiger partial charge >= 0.3 is 0 Å². The molecule has 19 heavy (non-hydrogen) atoms. The monoisotopic (exact) mass is 331 g/mol. The minimum absolute atomic E-state index is 0.151. The Hall–Kier alpha value is -0.450. The second-order valence-electron chi connectivity index (χ2n) is 5.29. The third-order valence-electron chi connectivity index (χ3n) is 3.38. The zero-order valence-electron chi connectivity index (χ0n) is 12.1. The summed E-state index contributed by atoms with van der Waals surface area (Å²) in [6.07, 6.45) is 1.83. The summed E-state index contributed by atoms with van der Waals surface area (Å²) in [6, 6.07) is 5.47. The van der Waals surface area contributed by atoms with Crippen LogP contribution >= 0.6 is 15.9 Å². The Labute approximate surface area is 123 Å². The summed E-state index contributed by atoms with van der Waals surface area (Å²) in [7, 11) is 1.72. The number of nitrogens with one attached hydrogen (secondary N) is 1. The quantitative estimate of drug-likeness (QED) is 0.797.